The predicted molar refractivity (Wildman–Crippen MR) is 105 cm³/mol. The van der Waals surface area contributed by atoms with Gasteiger partial charge in [-0.1, -0.05) is 90.4 Å². The van der Waals surface area contributed by atoms with Gasteiger partial charge >= 0.3 is 0 Å². The molecule has 0 aromatic carbocycles. The molecule has 4 atom stereocenters. The van der Waals surface area contributed by atoms with Crippen molar-refractivity contribution in [1.82, 2.24) is 0 Å². The van der Waals surface area contributed by atoms with Crippen LogP contribution in [-0.2, 0) is 0 Å². The third-order valence-electron chi connectivity index (χ3n) is 5.87. The lowest BCUT2D eigenvalue weighted by Gasteiger charge is -2.36. The molecule has 0 heterocycles. The number of unbranched alkanes of at least 4 members (excludes halogenated alkanes) is 12. The van der Waals surface area contributed by atoms with Crippen LogP contribution >= 0.6 is 0 Å². The Labute approximate surface area is 151 Å². The first kappa shape index (κ1) is 21.9. The molecule has 1 fully saturated rings. The average Bonchev–Trinajstić information content (AvgIpc) is 2.56. The average molecular weight is 341 g/mol. The Morgan fingerprint density at radius 3 is 1.62 bits per heavy atom. The minimum Gasteiger partial charge on any atom is -0.392 e. The van der Waals surface area contributed by atoms with Gasteiger partial charge in [0.05, 0.1) is 6.10 Å². The summed E-state index contributed by atoms with van der Waals surface area (Å²) in [5.74, 6) is 0.479. The van der Waals surface area contributed by atoms with E-state index in [2.05, 4.69) is 6.92 Å². The van der Waals surface area contributed by atoms with Crippen molar-refractivity contribution in [2.45, 2.75) is 128 Å². The summed E-state index contributed by atoms with van der Waals surface area (Å²) in [5, 5.41) is 9.89. The van der Waals surface area contributed by atoms with E-state index < -0.39 is 0 Å². The third-order valence-corrected chi connectivity index (χ3v) is 5.87. The molecule has 0 radical (unpaired) electrons. The van der Waals surface area contributed by atoms with E-state index in [0.29, 0.717) is 5.92 Å². The summed E-state index contributed by atoms with van der Waals surface area (Å²) in [4.78, 5) is 0. The quantitative estimate of drug-likeness (QED) is 0.394. The lowest BCUT2D eigenvalue weighted by Crippen LogP contribution is -2.49. The highest BCUT2D eigenvalue weighted by molar-refractivity contribution is 4.89. The lowest BCUT2D eigenvalue weighted by atomic mass is 9.78. The Bertz CT molecular complexity index is 285. The third kappa shape index (κ3) is 10.0. The van der Waals surface area contributed by atoms with Crippen molar-refractivity contribution < 1.29 is 5.11 Å². The van der Waals surface area contributed by atoms with E-state index in [-0.39, 0.29) is 18.2 Å². The summed E-state index contributed by atoms with van der Waals surface area (Å²) in [7, 11) is 0. The molecule has 0 bridgehead atoms. The van der Waals surface area contributed by atoms with Crippen LogP contribution < -0.4 is 11.5 Å². The SMILES string of the molecule is CCCCCCCCCCCCCCCC1CC(O)C(N)CC1N. The van der Waals surface area contributed by atoms with Crippen LogP contribution in [0, 0.1) is 5.92 Å². The molecule has 0 aliphatic heterocycles. The molecular weight excluding hydrogens is 296 g/mol. The van der Waals surface area contributed by atoms with Crippen LogP contribution in [0.15, 0.2) is 0 Å². The molecule has 5 N–H and O–H groups in total. The first-order valence-corrected chi connectivity index (χ1v) is 10.8. The number of rotatable bonds is 14. The normalized spacial score (nSPS) is 27.5. The van der Waals surface area contributed by atoms with Gasteiger partial charge in [-0.05, 0) is 25.2 Å². The molecular formula is C21H44N2O. The molecule has 24 heavy (non-hydrogen) atoms. The Kier molecular flexibility index (Phi) is 12.9. The number of aliphatic hydroxyl groups excluding tert-OH is 1. The molecule has 0 aromatic rings. The second kappa shape index (κ2) is 14.1. The summed E-state index contributed by atoms with van der Waals surface area (Å²) in [5.41, 5.74) is 12.1. The second-order valence-corrected chi connectivity index (χ2v) is 8.16. The van der Waals surface area contributed by atoms with E-state index >= 15 is 0 Å². The smallest absolute Gasteiger partial charge is 0.0694 e. The maximum Gasteiger partial charge on any atom is 0.0694 e. The zero-order chi connectivity index (χ0) is 17.6. The zero-order valence-corrected chi connectivity index (χ0v) is 16.2. The number of aliphatic hydroxyl groups is 1. The van der Waals surface area contributed by atoms with Crippen LogP contribution in [0.3, 0.4) is 0 Å². The van der Waals surface area contributed by atoms with E-state index in [9.17, 15) is 5.11 Å². The largest absolute Gasteiger partial charge is 0.392 e. The fourth-order valence-electron chi connectivity index (χ4n) is 4.08. The fourth-order valence-corrected chi connectivity index (χ4v) is 4.08. The van der Waals surface area contributed by atoms with Crippen molar-refractivity contribution in [1.29, 1.82) is 0 Å². The molecule has 4 unspecified atom stereocenters. The first-order valence-electron chi connectivity index (χ1n) is 10.8. The van der Waals surface area contributed by atoms with Crippen molar-refractivity contribution in [2.75, 3.05) is 0 Å². The second-order valence-electron chi connectivity index (χ2n) is 8.16. The summed E-state index contributed by atoms with van der Waals surface area (Å²) in [6.45, 7) is 2.28. The highest BCUT2D eigenvalue weighted by Gasteiger charge is 2.31. The molecule has 3 nitrogen and oxygen atoms in total. The van der Waals surface area contributed by atoms with E-state index in [1.54, 1.807) is 0 Å². The molecule has 3 heteroatoms. The minimum absolute atomic E-state index is 0.108. The van der Waals surface area contributed by atoms with Gasteiger partial charge in [0, 0.05) is 12.1 Å². The summed E-state index contributed by atoms with van der Waals surface area (Å²) < 4.78 is 0. The Morgan fingerprint density at radius 1 is 0.667 bits per heavy atom. The van der Waals surface area contributed by atoms with Crippen molar-refractivity contribution in [2.24, 2.45) is 17.4 Å². The maximum absolute atomic E-state index is 9.89. The van der Waals surface area contributed by atoms with Crippen LogP contribution in [-0.4, -0.2) is 23.3 Å². The maximum atomic E-state index is 9.89. The molecule has 1 aliphatic carbocycles. The molecule has 0 aromatic heterocycles. The van der Waals surface area contributed by atoms with Gasteiger partial charge in [-0.15, -0.1) is 0 Å². The highest BCUT2D eigenvalue weighted by Crippen LogP contribution is 2.27. The van der Waals surface area contributed by atoms with E-state index in [4.69, 9.17) is 11.5 Å². The van der Waals surface area contributed by atoms with E-state index in [1.807, 2.05) is 0 Å². The molecule has 1 aliphatic rings. The van der Waals surface area contributed by atoms with Crippen LogP contribution in [0.25, 0.3) is 0 Å². The van der Waals surface area contributed by atoms with Gasteiger partial charge in [-0.3, -0.25) is 0 Å². The minimum atomic E-state index is -0.336. The van der Waals surface area contributed by atoms with Crippen molar-refractivity contribution >= 4 is 0 Å². The predicted octanol–water partition coefficient (Wildman–Crippen LogP) is 4.89. The summed E-state index contributed by atoms with van der Waals surface area (Å²) >= 11 is 0. The molecule has 0 amide bonds. The number of nitrogens with two attached hydrogens (primary N) is 2. The van der Waals surface area contributed by atoms with E-state index in [1.165, 1.54) is 89.9 Å². The van der Waals surface area contributed by atoms with Gasteiger partial charge in [0.1, 0.15) is 0 Å². The van der Waals surface area contributed by atoms with Crippen LogP contribution in [0.2, 0.25) is 0 Å². The summed E-state index contributed by atoms with van der Waals surface area (Å²) in [6, 6.07) is 0.0867. The Balaban J connectivity index is 1.84. The van der Waals surface area contributed by atoms with Crippen molar-refractivity contribution in [3.05, 3.63) is 0 Å². The zero-order valence-electron chi connectivity index (χ0n) is 16.2. The molecule has 0 saturated heterocycles. The highest BCUT2D eigenvalue weighted by atomic mass is 16.3. The summed E-state index contributed by atoms with van der Waals surface area (Å²) in [6.07, 6.45) is 20.5. The molecule has 1 saturated carbocycles. The van der Waals surface area contributed by atoms with Crippen molar-refractivity contribution in [3.63, 3.8) is 0 Å². The molecule has 1 rings (SSSR count). The van der Waals surface area contributed by atoms with Crippen LogP contribution in [0.1, 0.15) is 110 Å². The van der Waals surface area contributed by atoms with Gasteiger partial charge < -0.3 is 16.6 Å². The van der Waals surface area contributed by atoms with Gasteiger partial charge in [0.2, 0.25) is 0 Å². The van der Waals surface area contributed by atoms with E-state index in [0.717, 1.165) is 12.8 Å². The lowest BCUT2D eigenvalue weighted by molar-refractivity contribution is 0.0670. The van der Waals surface area contributed by atoms with Gasteiger partial charge in [-0.2, -0.15) is 0 Å². The number of hydrogen-bond donors (Lipinski definition) is 3. The van der Waals surface area contributed by atoms with Crippen LogP contribution in [0.5, 0.6) is 0 Å². The van der Waals surface area contributed by atoms with Gasteiger partial charge in [0.15, 0.2) is 0 Å². The van der Waals surface area contributed by atoms with Crippen LogP contribution in [0.4, 0.5) is 0 Å². The standard InChI is InChI=1S/C21H44N2O/c1-2-3-4-5-6-7-8-9-10-11-12-13-14-15-18-16-21(24)20(23)17-19(18)22/h18-21,24H,2-17,22-23H2,1H3. The number of hydrogen-bond acceptors (Lipinski definition) is 3. The van der Waals surface area contributed by atoms with Crippen molar-refractivity contribution in [3.8, 4) is 0 Å². The fraction of sp³-hybridized carbons (Fsp3) is 1.00. The van der Waals surface area contributed by atoms with Gasteiger partial charge in [-0.25, -0.2) is 0 Å². The monoisotopic (exact) mass is 340 g/mol. The Hall–Kier alpha value is -0.120. The van der Waals surface area contributed by atoms with Gasteiger partial charge in [0.25, 0.3) is 0 Å². The first-order chi connectivity index (χ1) is 11.6. The topological polar surface area (TPSA) is 72.3 Å². The molecule has 0 spiro atoms. The Morgan fingerprint density at radius 2 is 1.12 bits per heavy atom. The molecule has 144 valence electrons.